The Morgan fingerprint density at radius 1 is 0.559 bits per heavy atom. The van der Waals surface area contributed by atoms with Crippen LogP contribution in [0, 0.1) is 5.41 Å². The third-order valence-corrected chi connectivity index (χ3v) is 23.7. The van der Waals surface area contributed by atoms with Crippen molar-refractivity contribution in [1.82, 2.24) is 63.4 Å². The van der Waals surface area contributed by atoms with E-state index in [1.165, 1.54) is 112 Å². The van der Waals surface area contributed by atoms with Crippen LogP contribution in [0.4, 0.5) is 16.2 Å². The number of thiocarbonyl (C=S) groups is 1. The number of hydrogen-bond acceptors (Lipinski definition) is 25. The van der Waals surface area contributed by atoms with Crippen LogP contribution in [0.5, 0.6) is 51.7 Å². The molecule has 3 heterocycles. The number of hydrogen-bond donors (Lipinski definition) is 21. The van der Waals surface area contributed by atoms with Gasteiger partial charge >= 0.3 is 12.0 Å². The summed E-state index contributed by atoms with van der Waals surface area (Å²) in [5.41, 5.74) is 13.9. The predicted molar refractivity (Wildman–Crippen MR) is 499 cm³/mol. The lowest BCUT2D eigenvalue weighted by molar-refractivity contribution is -0.139. The molecule has 0 bridgehead atoms. The number of aryl methyl sites for hydroxylation is 2. The Morgan fingerprint density at radius 2 is 1.15 bits per heavy atom. The first kappa shape index (κ1) is 99.2. The number of aliphatic hydroxyl groups excluding tert-OH is 1. The zero-order chi connectivity index (χ0) is 97.8. The number of methoxy groups -OCH3 is 3. The highest BCUT2D eigenvalue weighted by molar-refractivity contribution is 7.80. The number of amides is 12. The number of aromatic hydroxyl groups is 4. The zero-order valence-electron chi connectivity index (χ0n) is 74.8. The number of nitrogens with one attached hydrogen (secondary N) is 14. The molecule has 3 aliphatic heterocycles. The fraction of sp³-hybridized carbons (Fsp3) is 0.337. The fourth-order valence-corrected chi connectivity index (χ4v) is 17.2. The lowest BCUT2D eigenvalue weighted by Gasteiger charge is -2.36. The van der Waals surface area contributed by atoms with Crippen LogP contribution in [0.15, 0.2) is 163 Å². The summed E-state index contributed by atoms with van der Waals surface area (Å²) in [6, 6.07) is 27.0. The molecule has 716 valence electrons. The van der Waals surface area contributed by atoms with Gasteiger partial charge < -0.3 is 135 Å². The Bertz CT molecular complexity index is 5900. The number of nitrogens with two attached hydrogens (primary N) is 2. The molecule has 1 saturated heterocycles. The van der Waals surface area contributed by atoms with E-state index < -0.39 is 144 Å². The first-order chi connectivity index (χ1) is 65.1. The maximum Gasteiger partial charge on any atom is 0.340 e. The summed E-state index contributed by atoms with van der Waals surface area (Å²) in [6.45, 7) is 0.885. The molecule has 9 atom stereocenters. The molecule has 0 aromatic heterocycles. The Labute approximate surface area is 785 Å². The first-order valence-electron chi connectivity index (χ1n) is 43.7. The van der Waals surface area contributed by atoms with E-state index in [9.17, 15) is 68.7 Å². The van der Waals surface area contributed by atoms with Crippen molar-refractivity contribution in [2.45, 2.75) is 151 Å². The summed E-state index contributed by atoms with van der Waals surface area (Å²) in [6.07, 6.45) is -0.376. The second-order valence-electron chi connectivity index (χ2n) is 32.9. The number of esters is 1. The monoisotopic (exact) mass is 1890 g/mol. The van der Waals surface area contributed by atoms with Gasteiger partial charge in [-0.1, -0.05) is 66.7 Å². The van der Waals surface area contributed by atoms with Gasteiger partial charge in [-0.3, -0.25) is 58.1 Å². The molecule has 136 heavy (non-hydrogen) atoms. The number of carbonyl (C=O) groups is 12. The normalized spacial score (nSPS) is 15.8. The summed E-state index contributed by atoms with van der Waals surface area (Å²) < 4.78 is 29.6. The van der Waals surface area contributed by atoms with Crippen LogP contribution >= 0.6 is 12.2 Å². The van der Waals surface area contributed by atoms with Crippen LogP contribution in [0.3, 0.4) is 0 Å². The molecule has 1 spiro atoms. The topological polar surface area (TPSA) is 605 Å². The van der Waals surface area contributed by atoms with Crippen molar-refractivity contribution in [3.63, 3.8) is 0 Å². The van der Waals surface area contributed by atoms with Gasteiger partial charge in [-0.15, -0.1) is 0 Å². The molecule has 23 N–H and O–H groups in total. The minimum atomic E-state index is -1.81. The van der Waals surface area contributed by atoms with Crippen LogP contribution < -0.4 is 105 Å². The van der Waals surface area contributed by atoms with Crippen molar-refractivity contribution in [2.75, 3.05) is 64.7 Å². The van der Waals surface area contributed by atoms with E-state index in [0.29, 0.717) is 68.8 Å². The van der Waals surface area contributed by atoms with Gasteiger partial charge in [0.15, 0.2) is 28.2 Å². The Kier molecular flexibility index (Phi) is 32.9. The van der Waals surface area contributed by atoms with E-state index in [-0.39, 0.29) is 158 Å². The van der Waals surface area contributed by atoms with Gasteiger partial charge in [0.1, 0.15) is 76.8 Å². The van der Waals surface area contributed by atoms with Crippen molar-refractivity contribution in [1.29, 1.82) is 5.41 Å². The number of nitrogens with zero attached hydrogens (tertiary/aromatic N) is 1. The van der Waals surface area contributed by atoms with Crippen LogP contribution in [-0.4, -0.2) is 215 Å². The molecule has 1 fully saturated rings. The van der Waals surface area contributed by atoms with Crippen molar-refractivity contribution in [3.8, 4) is 62.9 Å². The molecular formula is C95H107N17O23S. The van der Waals surface area contributed by atoms with E-state index in [1.54, 1.807) is 85.8 Å². The molecule has 40 nitrogen and oxygen atoms in total. The molecule has 0 saturated carbocycles. The maximum absolute atomic E-state index is 15.2. The number of likely N-dealkylation sites (tertiary alicyclic amines) is 1. The number of aliphatic hydroxyl groups is 1. The van der Waals surface area contributed by atoms with Gasteiger partial charge in [-0.25, -0.2) is 9.59 Å². The van der Waals surface area contributed by atoms with Crippen LogP contribution in [0.25, 0.3) is 11.1 Å². The average molecular weight is 1890 g/mol. The minimum absolute atomic E-state index is 0.0121. The van der Waals surface area contributed by atoms with Gasteiger partial charge in [0.2, 0.25) is 70.3 Å². The first-order valence-corrected chi connectivity index (χ1v) is 44.1. The molecule has 1 unspecified atom stereocenters. The number of phenols is 4. The summed E-state index contributed by atoms with van der Waals surface area (Å²) in [7, 11) is 4.37. The summed E-state index contributed by atoms with van der Waals surface area (Å²) in [4.78, 5) is 186. The van der Waals surface area contributed by atoms with Crippen LogP contribution in [0.2, 0.25) is 0 Å². The largest absolute Gasteiger partial charge is 0.508 e. The molecular weight excluding hydrogens is 1780 g/mol. The highest BCUT2D eigenvalue weighted by Crippen LogP contribution is 2.58. The highest BCUT2D eigenvalue weighted by atomic mass is 32.1. The number of fused-ring (bicyclic) bond motifs is 9. The molecule has 4 aliphatic rings. The van der Waals surface area contributed by atoms with Crippen molar-refractivity contribution >= 4 is 106 Å². The smallest absolute Gasteiger partial charge is 0.340 e. The Morgan fingerprint density at radius 3 is 1.76 bits per heavy atom. The van der Waals surface area contributed by atoms with Crippen LogP contribution in [0.1, 0.15) is 126 Å². The van der Waals surface area contributed by atoms with Gasteiger partial charge in [-0.2, -0.15) is 0 Å². The average Bonchev–Trinajstić information content (AvgIpc) is 1.51. The van der Waals surface area contributed by atoms with Crippen molar-refractivity contribution in [2.24, 2.45) is 11.5 Å². The third kappa shape index (κ3) is 24.3. The summed E-state index contributed by atoms with van der Waals surface area (Å²) in [5.74, 6) is -8.79. The van der Waals surface area contributed by atoms with E-state index >= 15 is 19.2 Å². The number of urea groups is 1. The molecule has 0 radical (unpaired) electrons. The third-order valence-electron chi connectivity index (χ3n) is 23.5. The van der Waals surface area contributed by atoms with Crippen LogP contribution in [-0.2, 0) is 84.0 Å². The van der Waals surface area contributed by atoms with Gasteiger partial charge in [-0.05, 0) is 189 Å². The number of ether oxygens (including phenoxy) is 5. The van der Waals surface area contributed by atoms with Crippen molar-refractivity contribution < 1.29 is 107 Å². The predicted octanol–water partition coefficient (Wildman–Crippen LogP) is 3.41. The maximum atomic E-state index is 15.2. The van der Waals surface area contributed by atoms with Gasteiger partial charge in [0, 0.05) is 91.9 Å². The molecule has 8 aromatic rings. The van der Waals surface area contributed by atoms with Gasteiger partial charge in [0.05, 0.1) is 51.8 Å². The molecule has 8 aromatic carbocycles. The molecule has 1 aliphatic carbocycles. The zero-order valence-corrected chi connectivity index (χ0v) is 75.6. The van der Waals surface area contributed by atoms with E-state index in [0.717, 1.165) is 11.1 Å². The molecule has 12 rings (SSSR count). The van der Waals surface area contributed by atoms with Gasteiger partial charge in [0.25, 0.3) is 0 Å². The second-order valence-corrected chi connectivity index (χ2v) is 33.3. The lowest BCUT2D eigenvalue weighted by atomic mass is 9.77. The highest BCUT2D eigenvalue weighted by Gasteiger charge is 2.54. The molecule has 12 amide bonds. The van der Waals surface area contributed by atoms with E-state index in [4.69, 9.17) is 52.8 Å². The summed E-state index contributed by atoms with van der Waals surface area (Å²) >= 11 is 5.56. The van der Waals surface area contributed by atoms with Crippen molar-refractivity contribution in [3.05, 3.63) is 218 Å². The lowest BCUT2D eigenvalue weighted by Crippen LogP contribution is -2.59. The molecule has 41 heteroatoms. The number of primary amides is 1. The summed E-state index contributed by atoms with van der Waals surface area (Å²) in [5, 5.41) is 94.4. The number of anilines is 2. The minimum Gasteiger partial charge on any atom is -0.508 e. The number of rotatable bonds is 40. The number of phenolic OH excluding ortho intramolecular Hbond substituents is 4. The quantitative estimate of drug-likeness (QED) is 0.00860. The number of carbonyl (C=O) groups excluding carboxylic acids is 12. The van der Waals surface area contributed by atoms with E-state index in [1.807, 2.05) is 0 Å². The second kappa shape index (κ2) is 45.1. The van der Waals surface area contributed by atoms with E-state index in [2.05, 4.69) is 69.1 Å². The standard InChI is InChI=1S/C95H107N17O23S/c1-49-39-72(90(128)112(49)74(41-53-17-24-57(116)25-18-53)89(127)107-67-34-28-60-61(46-75(67)119)66(103-50(2)114)33-20-54-42-78(131-3)82(132-4)83(133-5)81(54)60)110-87(125)71(40-52-15-22-56(115)23-16-52)109-86(124)70(32-19-51-11-7-6-8-12-51)106-80(121)47-102-84(122)68(13-10-37-100-93(98)130)108-88(126)73(48-113)111-85(123)69(14-9-36-99-92(96)97)105-79(120)35-38-101-94(136)104-55-21-29-63-62(43-55)91(129)135-95(63)64-30-26-58(117)44-76(64)134-77-45-59(118)27-31-65(77)95/h6-8,11-12,15-18,21-31,34,42-46,49,66,68-74,113,115-118H,9-10,13-14,19-20,32-33,35-41,47-48H2,1-5H3,(H,102,122)(H,103,114)(H,105,120)(H,106,121)(H,108,126)(H,109,124)(H,110,125)(H,111,123)(H4,96,97,99)(H3,98,100,130)(H2,101,104,136)(H,107,119,127)/t49?,66-,68-,69-,70-,71-,72-,73-,74-/m0/s1. The Hall–Kier alpha value is -15.8. The fourth-order valence-electron chi connectivity index (χ4n) is 17.0. The number of guanidine groups is 1. The number of benzene rings is 7. The SMILES string of the molecule is COc1cc2c(c(OC)c1OC)-c1ccc(NC(=O)[C@H](Cc3ccc(O)cc3)N3C(=O)[C@@H](NC(=O)[C@H](Cc4ccc(O)cc4)NC(=O)[C@H](CCc4ccccc4)NC(=O)CNC(=O)[C@H](CCCNC(N)=O)NC(=O)[C@H](CO)NC(=O)[C@H](CCCNC(=N)N)NC(=O)CCNC(=S)Nc4ccc5c(c4)C(=O)OC54c5ccc(O)cc5Oc5cc(O)ccc54)CC3C)c(=O)cc1[C@@H](NC(C)=O)CC2. The Balaban J connectivity index is 0.704.